The highest BCUT2D eigenvalue weighted by Crippen LogP contribution is 2.39. The molecule has 4 rings (SSSR count). The van der Waals surface area contributed by atoms with E-state index in [9.17, 15) is 0 Å². The number of rotatable bonds is 2. The lowest BCUT2D eigenvalue weighted by molar-refractivity contribution is 0.451. The van der Waals surface area contributed by atoms with Crippen molar-refractivity contribution in [2.45, 2.75) is 36.9 Å². The lowest BCUT2D eigenvalue weighted by Gasteiger charge is -2.29. The van der Waals surface area contributed by atoms with Crippen LogP contribution in [0, 0.1) is 0 Å². The first-order valence-corrected chi connectivity index (χ1v) is 8.85. The highest BCUT2D eigenvalue weighted by atomic mass is 32.1. The molecule has 3 heteroatoms. The van der Waals surface area contributed by atoms with E-state index in [0.29, 0.717) is 11.2 Å². The van der Waals surface area contributed by atoms with Crippen molar-refractivity contribution in [3.8, 4) is 11.3 Å². The summed E-state index contributed by atoms with van der Waals surface area (Å²) in [5, 5.41) is 0.377. The standard InChI is InChI=1S/C20H20N2S/c23-18-13-7-4-10-15(18)20-19(14-8-2-1-3-9-14)21-16-11-5-6-12-17(16)22-20/h1-3,5-6,8-9,11-12,15,18,23H,4,7,10,13H2. The van der Waals surface area contributed by atoms with E-state index in [-0.39, 0.29) is 0 Å². The van der Waals surface area contributed by atoms with E-state index in [2.05, 4.69) is 30.3 Å². The largest absolute Gasteiger partial charge is 0.249 e. The molecule has 0 bridgehead atoms. The van der Waals surface area contributed by atoms with E-state index in [1.165, 1.54) is 12.8 Å². The monoisotopic (exact) mass is 320 g/mol. The molecule has 1 fully saturated rings. The molecule has 1 aliphatic carbocycles. The summed E-state index contributed by atoms with van der Waals surface area (Å²) in [7, 11) is 0. The van der Waals surface area contributed by atoms with Gasteiger partial charge in [-0.3, -0.25) is 0 Å². The van der Waals surface area contributed by atoms with Crippen LogP contribution in [0.25, 0.3) is 22.3 Å². The predicted molar refractivity (Wildman–Crippen MR) is 99.0 cm³/mol. The number of fused-ring (bicyclic) bond motifs is 1. The molecular formula is C20H20N2S. The molecule has 116 valence electrons. The topological polar surface area (TPSA) is 25.8 Å². The summed E-state index contributed by atoms with van der Waals surface area (Å²) in [6.07, 6.45) is 4.84. The highest BCUT2D eigenvalue weighted by Gasteiger charge is 2.28. The fourth-order valence-electron chi connectivity index (χ4n) is 3.51. The highest BCUT2D eigenvalue weighted by molar-refractivity contribution is 7.81. The molecule has 1 heterocycles. The summed E-state index contributed by atoms with van der Waals surface area (Å²) in [5.74, 6) is 0.388. The molecule has 0 saturated heterocycles. The molecule has 23 heavy (non-hydrogen) atoms. The Bertz CT molecular complexity index is 816. The average Bonchev–Trinajstić information content (AvgIpc) is 2.62. The Morgan fingerprint density at radius 3 is 2.17 bits per heavy atom. The second kappa shape index (κ2) is 6.32. The minimum absolute atomic E-state index is 0.377. The second-order valence-electron chi connectivity index (χ2n) is 6.27. The number of aromatic nitrogens is 2. The number of hydrogen-bond donors (Lipinski definition) is 1. The van der Waals surface area contributed by atoms with E-state index in [1.807, 2.05) is 24.3 Å². The van der Waals surface area contributed by atoms with Crippen molar-refractivity contribution in [3.05, 3.63) is 60.3 Å². The maximum Gasteiger partial charge on any atom is 0.0928 e. The van der Waals surface area contributed by atoms with Crippen molar-refractivity contribution in [2.24, 2.45) is 0 Å². The number of nitrogens with zero attached hydrogens (tertiary/aromatic N) is 2. The Labute approximate surface area is 142 Å². The van der Waals surface area contributed by atoms with Gasteiger partial charge in [-0.1, -0.05) is 55.3 Å². The molecule has 2 nitrogen and oxygen atoms in total. The van der Waals surface area contributed by atoms with E-state index < -0.39 is 0 Å². The third kappa shape index (κ3) is 2.86. The zero-order valence-corrected chi connectivity index (χ0v) is 13.9. The van der Waals surface area contributed by atoms with Gasteiger partial charge >= 0.3 is 0 Å². The van der Waals surface area contributed by atoms with E-state index in [0.717, 1.165) is 40.8 Å². The van der Waals surface area contributed by atoms with Gasteiger partial charge in [0.15, 0.2) is 0 Å². The number of benzene rings is 2. The summed E-state index contributed by atoms with van der Waals surface area (Å²) in [4.78, 5) is 9.97. The first-order chi connectivity index (χ1) is 11.3. The van der Waals surface area contributed by atoms with Crippen LogP contribution in [0.2, 0.25) is 0 Å². The summed E-state index contributed by atoms with van der Waals surface area (Å²) in [6.45, 7) is 0. The Kier molecular flexibility index (Phi) is 4.04. The van der Waals surface area contributed by atoms with E-state index >= 15 is 0 Å². The molecule has 2 unspecified atom stereocenters. The van der Waals surface area contributed by atoms with Crippen LogP contribution in [0.4, 0.5) is 0 Å². The lowest BCUT2D eigenvalue weighted by Crippen LogP contribution is -2.20. The molecule has 2 aromatic carbocycles. The molecule has 0 radical (unpaired) electrons. The Hall–Kier alpha value is -1.87. The summed E-state index contributed by atoms with van der Waals surface area (Å²) in [5.41, 5.74) is 5.23. The first-order valence-electron chi connectivity index (χ1n) is 8.33. The van der Waals surface area contributed by atoms with Crippen molar-refractivity contribution in [1.29, 1.82) is 0 Å². The van der Waals surface area contributed by atoms with Crippen LogP contribution in [0.5, 0.6) is 0 Å². The minimum Gasteiger partial charge on any atom is -0.249 e. The van der Waals surface area contributed by atoms with Gasteiger partial charge in [-0.2, -0.15) is 12.6 Å². The smallest absolute Gasteiger partial charge is 0.0928 e. The molecule has 0 spiro atoms. The van der Waals surface area contributed by atoms with Crippen molar-refractivity contribution >= 4 is 23.7 Å². The molecule has 1 saturated carbocycles. The van der Waals surface area contributed by atoms with Crippen molar-refractivity contribution in [2.75, 3.05) is 0 Å². The van der Waals surface area contributed by atoms with Crippen LogP contribution in [0.3, 0.4) is 0 Å². The summed E-state index contributed by atoms with van der Waals surface area (Å²) >= 11 is 4.85. The Morgan fingerprint density at radius 1 is 0.783 bits per heavy atom. The maximum absolute atomic E-state index is 5.01. The average molecular weight is 320 g/mol. The van der Waals surface area contributed by atoms with Gasteiger partial charge in [0.05, 0.1) is 22.4 Å². The third-order valence-corrected chi connectivity index (χ3v) is 5.34. The molecule has 0 aliphatic heterocycles. The van der Waals surface area contributed by atoms with Crippen LogP contribution in [-0.2, 0) is 0 Å². The van der Waals surface area contributed by atoms with Crippen LogP contribution in [0.15, 0.2) is 54.6 Å². The van der Waals surface area contributed by atoms with Crippen LogP contribution >= 0.6 is 12.6 Å². The van der Waals surface area contributed by atoms with Crippen molar-refractivity contribution < 1.29 is 0 Å². The van der Waals surface area contributed by atoms with Gasteiger partial charge in [-0.25, -0.2) is 9.97 Å². The molecule has 1 aliphatic rings. The molecule has 0 amide bonds. The Balaban J connectivity index is 1.92. The molecule has 3 aromatic rings. The number of para-hydroxylation sites is 2. The van der Waals surface area contributed by atoms with Crippen molar-refractivity contribution in [3.63, 3.8) is 0 Å². The predicted octanol–water partition coefficient (Wildman–Crippen LogP) is 5.25. The first kappa shape index (κ1) is 14.7. The van der Waals surface area contributed by atoms with Crippen molar-refractivity contribution in [1.82, 2.24) is 9.97 Å². The van der Waals surface area contributed by atoms with Gasteiger partial charge in [0.25, 0.3) is 0 Å². The molecule has 2 atom stereocenters. The van der Waals surface area contributed by atoms with E-state index in [1.54, 1.807) is 0 Å². The van der Waals surface area contributed by atoms with Gasteiger partial charge < -0.3 is 0 Å². The summed E-state index contributed by atoms with van der Waals surface area (Å²) < 4.78 is 0. The SMILES string of the molecule is SC1CCCCC1c1nc2ccccc2nc1-c1ccccc1. The number of thiol groups is 1. The fourth-order valence-corrected chi connectivity index (χ4v) is 3.98. The van der Waals surface area contributed by atoms with Gasteiger partial charge in [0.2, 0.25) is 0 Å². The third-order valence-electron chi connectivity index (χ3n) is 4.73. The number of hydrogen-bond acceptors (Lipinski definition) is 3. The van der Waals surface area contributed by atoms with Gasteiger partial charge in [-0.15, -0.1) is 0 Å². The fraction of sp³-hybridized carbons (Fsp3) is 0.300. The van der Waals surface area contributed by atoms with Gasteiger partial charge in [0.1, 0.15) is 0 Å². The van der Waals surface area contributed by atoms with E-state index in [4.69, 9.17) is 22.6 Å². The molecular weight excluding hydrogens is 300 g/mol. The Morgan fingerprint density at radius 2 is 1.43 bits per heavy atom. The zero-order valence-electron chi connectivity index (χ0n) is 13.0. The zero-order chi connectivity index (χ0) is 15.6. The van der Waals surface area contributed by atoms with Gasteiger partial charge in [-0.05, 0) is 25.0 Å². The molecule has 0 N–H and O–H groups in total. The maximum atomic E-state index is 5.01. The quantitative estimate of drug-likeness (QED) is 0.652. The van der Waals surface area contributed by atoms with Crippen LogP contribution in [-0.4, -0.2) is 15.2 Å². The lowest BCUT2D eigenvalue weighted by atomic mass is 9.84. The minimum atomic E-state index is 0.377. The summed E-state index contributed by atoms with van der Waals surface area (Å²) in [6, 6.07) is 18.6. The molecule has 1 aromatic heterocycles. The normalized spacial score (nSPS) is 21.4. The second-order valence-corrected chi connectivity index (χ2v) is 6.93. The van der Waals surface area contributed by atoms with Gasteiger partial charge in [0, 0.05) is 16.7 Å². The van der Waals surface area contributed by atoms with Crippen LogP contribution < -0.4 is 0 Å². The van der Waals surface area contributed by atoms with Crippen LogP contribution in [0.1, 0.15) is 37.3 Å².